The lowest BCUT2D eigenvalue weighted by atomic mass is 10.2. The molecule has 0 spiro atoms. The fraction of sp³-hybridized carbons (Fsp3) is 0.923. The number of hydrogen-bond donors (Lipinski definition) is 2. The average Bonchev–Trinajstić information content (AvgIpc) is 2.31. The smallest absolute Gasteiger partial charge is 0.190 e. The van der Waals surface area contributed by atoms with Crippen molar-refractivity contribution in [1.82, 2.24) is 10.6 Å². The maximum absolute atomic E-state index is 4.20. The van der Waals surface area contributed by atoms with Gasteiger partial charge in [-0.25, -0.2) is 0 Å². The zero-order chi connectivity index (χ0) is 12.1. The molecule has 0 heterocycles. The summed E-state index contributed by atoms with van der Waals surface area (Å²) in [6, 6.07) is 0. The van der Waals surface area contributed by atoms with Crippen LogP contribution in [0.4, 0.5) is 0 Å². The minimum absolute atomic E-state index is 0.951. The molecule has 0 atom stereocenters. The first-order chi connectivity index (χ1) is 7.85. The molecule has 0 aliphatic carbocycles. The number of hydrogen-bond acceptors (Lipinski definition) is 1. The van der Waals surface area contributed by atoms with Crippen LogP contribution in [0.25, 0.3) is 0 Å². The van der Waals surface area contributed by atoms with Crippen LogP contribution in [0, 0.1) is 0 Å². The number of unbranched alkanes of at least 4 members (excludes halogenated alkanes) is 5. The van der Waals surface area contributed by atoms with Crippen molar-refractivity contribution in [3.8, 4) is 0 Å². The Bertz CT molecular complexity index is 167. The van der Waals surface area contributed by atoms with E-state index in [0.717, 1.165) is 19.0 Å². The molecule has 0 rings (SSSR count). The monoisotopic (exact) mass is 227 g/mol. The molecule has 0 saturated heterocycles. The van der Waals surface area contributed by atoms with E-state index in [0.29, 0.717) is 0 Å². The van der Waals surface area contributed by atoms with Crippen LogP contribution in [0.5, 0.6) is 0 Å². The van der Waals surface area contributed by atoms with Crippen molar-refractivity contribution in [3.05, 3.63) is 0 Å². The van der Waals surface area contributed by atoms with Crippen LogP contribution in [0.1, 0.15) is 58.8 Å². The van der Waals surface area contributed by atoms with Gasteiger partial charge in [0.25, 0.3) is 0 Å². The van der Waals surface area contributed by atoms with Gasteiger partial charge in [0.1, 0.15) is 0 Å². The maximum Gasteiger partial charge on any atom is 0.190 e. The topological polar surface area (TPSA) is 36.4 Å². The number of guanidine groups is 1. The molecule has 0 fully saturated rings. The Morgan fingerprint density at radius 3 is 1.81 bits per heavy atom. The van der Waals surface area contributed by atoms with Gasteiger partial charge >= 0.3 is 0 Å². The second-order valence-electron chi connectivity index (χ2n) is 4.19. The van der Waals surface area contributed by atoms with E-state index < -0.39 is 0 Å². The third kappa shape index (κ3) is 9.81. The molecular formula is C13H29N3. The van der Waals surface area contributed by atoms with E-state index in [1.165, 1.54) is 44.9 Å². The summed E-state index contributed by atoms with van der Waals surface area (Å²) in [5.74, 6) is 0.951. The van der Waals surface area contributed by atoms with Crippen LogP contribution < -0.4 is 10.6 Å². The Morgan fingerprint density at radius 2 is 1.31 bits per heavy atom. The summed E-state index contributed by atoms with van der Waals surface area (Å²) < 4.78 is 0. The van der Waals surface area contributed by atoms with E-state index in [2.05, 4.69) is 29.5 Å². The van der Waals surface area contributed by atoms with E-state index in [9.17, 15) is 0 Å². The van der Waals surface area contributed by atoms with Gasteiger partial charge in [-0.15, -0.1) is 0 Å². The molecule has 96 valence electrons. The lowest BCUT2D eigenvalue weighted by molar-refractivity contribution is 0.640. The van der Waals surface area contributed by atoms with Crippen LogP contribution in [-0.2, 0) is 0 Å². The van der Waals surface area contributed by atoms with Gasteiger partial charge in [-0.05, 0) is 12.8 Å². The standard InChI is InChI=1S/C13H29N3/c1-4-6-8-10-12-16-13(14-3)15-11-9-7-5-2/h4-12H2,1-3H3,(H2,14,15,16). The van der Waals surface area contributed by atoms with Gasteiger partial charge in [-0.1, -0.05) is 46.0 Å². The molecule has 16 heavy (non-hydrogen) atoms. The second kappa shape index (κ2) is 12.3. The molecule has 0 aromatic heterocycles. The van der Waals surface area contributed by atoms with Crippen molar-refractivity contribution in [2.75, 3.05) is 20.1 Å². The number of rotatable bonds is 9. The van der Waals surface area contributed by atoms with Gasteiger partial charge in [0.2, 0.25) is 0 Å². The van der Waals surface area contributed by atoms with E-state index in [1.807, 2.05) is 7.05 Å². The Hall–Kier alpha value is -0.730. The van der Waals surface area contributed by atoms with Crippen molar-refractivity contribution in [3.63, 3.8) is 0 Å². The largest absolute Gasteiger partial charge is 0.356 e. The molecule has 0 aromatic rings. The number of aliphatic imine (C=N–C) groups is 1. The first-order valence-corrected chi connectivity index (χ1v) is 6.79. The highest BCUT2D eigenvalue weighted by atomic mass is 15.2. The SMILES string of the molecule is CCCCCCNC(=NC)NCCCCC. The zero-order valence-corrected chi connectivity index (χ0v) is 11.3. The van der Waals surface area contributed by atoms with Gasteiger partial charge in [0, 0.05) is 20.1 Å². The summed E-state index contributed by atoms with van der Waals surface area (Å²) in [4.78, 5) is 4.20. The number of nitrogens with zero attached hydrogens (tertiary/aromatic N) is 1. The summed E-state index contributed by atoms with van der Waals surface area (Å²) in [5.41, 5.74) is 0. The second-order valence-corrected chi connectivity index (χ2v) is 4.19. The third-order valence-corrected chi connectivity index (χ3v) is 2.62. The van der Waals surface area contributed by atoms with Crippen molar-refractivity contribution in [2.45, 2.75) is 58.8 Å². The molecule has 0 bridgehead atoms. The Balaban J connectivity index is 3.38. The van der Waals surface area contributed by atoms with Crippen LogP contribution >= 0.6 is 0 Å². The Kier molecular flexibility index (Phi) is 11.8. The van der Waals surface area contributed by atoms with Crippen molar-refractivity contribution in [2.24, 2.45) is 4.99 Å². The fourth-order valence-electron chi connectivity index (χ4n) is 1.56. The van der Waals surface area contributed by atoms with Gasteiger partial charge in [0.05, 0.1) is 0 Å². The predicted octanol–water partition coefficient (Wildman–Crippen LogP) is 2.92. The predicted molar refractivity (Wildman–Crippen MR) is 73.0 cm³/mol. The van der Waals surface area contributed by atoms with Crippen LogP contribution in [-0.4, -0.2) is 26.1 Å². The number of nitrogens with one attached hydrogen (secondary N) is 2. The van der Waals surface area contributed by atoms with E-state index in [1.54, 1.807) is 0 Å². The normalized spacial score (nSPS) is 11.6. The van der Waals surface area contributed by atoms with Crippen LogP contribution in [0.15, 0.2) is 4.99 Å². The molecular weight excluding hydrogens is 198 g/mol. The fourth-order valence-corrected chi connectivity index (χ4v) is 1.56. The zero-order valence-electron chi connectivity index (χ0n) is 11.3. The highest BCUT2D eigenvalue weighted by Crippen LogP contribution is 1.96. The molecule has 0 saturated carbocycles. The summed E-state index contributed by atoms with van der Waals surface area (Å²) in [6.45, 7) is 6.53. The molecule has 2 N–H and O–H groups in total. The Morgan fingerprint density at radius 1 is 0.812 bits per heavy atom. The molecule has 0 aliphatic rings. The minimum atomic E-state index is 0.951. The molecule has 3 heteroatoms. The van der Waals surface area contributed by atoms with Gasteiger partial charge in [0.15, 0.2) is 5.96 Å². The van der Waals surface area contributed by atoms with Crippen molar-refractivity contribution in [1.29, 1.82) is 0 Å². The van der Waals surface area contributed by atoms with Gasteiger partial charge in [-0.2, -0.15) is 0 Å². The molecule has 0 aliphatic heterocycles. The highest BCUT2D eigenvalue weighted by molar-refractivity contribution is 5.79. The molecule has 0 amide bonds. The van der Waals surface area contributed by atoms with Crippen LogP contribution in [0.2, 0.25) is 0 Å². The van der Waals surface area contributed by atoms with Gasteiger partial charge < -0.3 is 10.6 Å². The summed E-state index contributed by atoms with van der Waals surface area (Å²) in [6.07, 6.45) is 8.98. The van der Waals surface area contributed by atoms with Crippen LogP contribution in [0.3, 0.4) is 0 Å². The highest BCUT2D eigenvalue weighted by Gasteiger charge is 1.95. The lowest BCUT2D eigenvalue weighted by Crippen LogP contribution is -2.38. The summed E-state index contributed by atoms with van der Waals surface area (Å²) in [7, 11) is 1.83. The summed E-state index contributed by atoms with van der Waals surface area (Å²) >= 11 is 0. The van der Waals surface area contributed by atoms with E-state index in [-0.39, 0.29) is 0 Å². The Labute approximate surface area is 101 Å². The van der Waals surface area contributed by atoms with Crippen molar-refractivity contribution < 1.29 is 0 Å². The summed E-state index contributed by atoms with van der Waals surface area (Å²) in [5, 5.41) is 6.68. The van der Waals surface area contributed by atoms with E-state index >= 15 is 0 Å². The van der Waals surface area contributed by atoms with E-state index in [4.69, 9.17) is 0 Å². The first kappa shape index (κ1) is 15.3. The molecule has 0 radical (unpaired) electrons. The minimum Gasteiger partial charge on any atom is -0.356 e. The molecule has 3 nitrogen and oxygen atoms in total. The lowest BCUT2D eigenvalue weighted by Gasteiger charge is -2.11. The molecule has 0 aromatic carbocycles. The van der Waals surface area contributed by atoms with Gasteiger partial charge in [-0.3, -0.25) is 4.99 Å². The maximum atomic E-state index is 4.20. The third-order valence-electron chi connectivity index (χ3n) is 2.62. The quantitative estimate of drug-likeness (QED) is 0.361. The molecule has 0 unspecified atom stereocenters. The average molecular weight is 227 g/mol. The first-order valence-electron chi connectivity index (χ1n) is 6.79. The van der Waals surface area contributed by atoms with Crippen molar-refractivity contribution >= 4 is 5.96 Å².